The predicted molar refractivity (Wildman–Crippen MR) is 84.4 cm³/mol. The molecule has 0 aliphatic heterocycles. The molecule has 1 amide bonds. The van der Waals surface area contributed by atoms with E-state index in [0.717, 1.165) is 37.0 Å². The highest BCUT2D eigenvalue weighted by Crippen LogP contribution is 2.26. The van der Waals surface area contributed by atoms with Gasteiger partial charge in [0.2, 0.25) is 5.91 Å². The Morgan fingerprint density at radius 3 is 2.90 bits per heavy atom. The number of carbonyl (C=O) groups is 1. The Balaban J connectivity index is 1.75. The molecule has 1 aromatic carbocycles. The van der Waals surface area contributed by atoms with Gasteiger partial charge in [-0.15, -0.1) is 0 Å². The lowest BCUT2D eigenvalue weighted by Crippen LogP contribution is -2.32. The van der Waals surface area contributed by atoms with Gasteiger partial charge in [-0.25, -0.2) is 0 Å². The Hall–Kier alpha value is -1.55. The normalized spacial score (nSPS) is 21.3. The number of carbonyl (C=O) groups excluding carboxylic acids is 1. The lowest BCUT2D eigenvalue weighted by molar-refractivity contribution is -0.122. The molecule has 4 heteroatoms. The van der Waals surface area contributed by atoms with Crippen LogP contribution in [-0.4, -0.2) is 25.6 Å². The number of amides is 1. The van der Waals surface area contributed by atoms with Crippen molar-refractivity contribution in [2.75, 3.05) is 13.7 Å². The smallest absolute Gasteiger partial charge is 0.220 e. The summed E-state index contributed by atoms with van der Waals surface area (Å²) in [5.41, 5.74) is 8.30. The first kappa shape index (κ1) is 15.8. The molecule has 0 spiro atoms. The van der Waals surface area contributed by atoms with E-state index >= 15 is 0 Å². The first-order valence-corrected chi connectivity index (χ1v) is 7.76. The fraction of sp³-hybridized carbons (Fsp3) is 0.588. The van der Waals surface area contributed by atoms with E-state index in [1.165, 1.54) is 5.56 Å². The molecule has 1 aliphatic carbocycles. The van der Waals surface area contributed by atoms with Crippen LogP contribution in [0.4, 0.5) is 0 Å². The summed E-state index contributed by atoms with van der Waals surface area (Å²) in [4.78, 5) is 11.9. The molecule has 0 radical (unpaired) electrons. The first-order chi connectivity index (χ1) is 10.1. The number of ether oxygens (including phenoxy) is 1. The largest absolute Gasteiger partial charge is 0.496 e. The quantitative estimate of drug-likeness (QED) is 0.844. The van der Waals surface area contributed by atoms with Crippen LogP contribution in [0.1, 0.15) is 36.8 Å². The Morgan fingerprint density at radius 2 is 2.24 bits per heavy atom. The molecule has 1 aliphatic rings. The zero-order chi connectivity index (χ0) is 15.2. The molecule has 4 nitrogen and oxygen atoms in total. The van der Waals surface area contributed by atoms with Crippen molar-refractivity contribution in [3.05, 3.63) is 29.3 Å². The van der Waals surface area contributed by atoms with Gasteiger partial charge in [0.05, 0.1) is 7.11 Å². The first-order valence-electron chi connectivity index (χ1n) is 7.76. The van der Waals surface area contributed by atoms with Crippen molar-refractivity contribution in [1.82, 2.24) is 5.32 Å². The van der Waals surface area contributed by atoms with Crippen LogP contribution in [0, 0.1) is 12.8 Å². The van der Waals surface area contributed by atoms with E-state index in [1.807, 2.05) is 19.1 Å². The van der Waals surface area contributed by atoms with Crippen LogP contribution in [0.2, 0.25) is 0 Å². The molecule has 0 heterocycles. The topological polar surface area (TPSA) is 64.3 Å². The molecule has 1 saturated carbocycles. The van der Waals surface area contributed by atoms with Crippen molar-refractivity contribution in [2.45, 2.75) is 45.1 Å². The van der Waals surface area contributed by atoms with Crippen LogP contribution in [0.3, 0.4) is 0 Å². The second-order valence-electron chi connectivity index (χ2n) is 5.96. The number of hydrogen-bond acceptors (Lipinski definition) is 3. The molecule has 0 bridgehead atoms. The van der Waals surface area contributed by atoms with Gasteiger partial charge in [0, 0.05) is 19.0 Å². The van der Waals surface area contributed by atoms with Crippen LogP contribution in [0.25, 0.3) is 0 Å². The lowest BCUT2D eigenvalue weighted by Gasteiger charge is -2.15. The summed E-state index contributed by atoms with van der Waals surface area (Å²) in [7, 11) is 1.68. The van der Waals surface area contributed by atoms with Gasteiger partial charge < -0.3 is 15.8 Å². The Kier molecular flexibility index (Phi) is 5.62. The number of nitrogens with two attached hydrogens (primary N) is 1. The molecule has 0 aromatic heterocycles. The van der Waals surface area contributed by atoms with E-state index < -0.39 is 0 Å². The maximum atomic E-state index is 11.9. The maximum absolute atomic E-state index is 11.9. The molecule has 3 N–H and O–H groups in total. The van der Waals surface area contributed by atoms with Crippen molar-refractivity contribution < 1.29 is 9.53 Å². The summed E-state index contributed by atoms with van der Waals surface area (Å²) in [5, 5.41) is 3.00. The standard InChI is InChI=1S/C17H26N2O2/c1-12-6-7-13(10-16(12)21-2)8-9-19-17(20)11-14-4-3-5-15(14)18/h6-7,10,14-15H,3-5,8-9,11,18H2,1-2H3,(H,19,20)/t14-,15+/m0/s1. The minimum Gasteiger partial charge on any atom is -0.496 e. The minimum atomic E-state index is 0.122. The fourth-order valence-corrected chi connectivity index (χ4v) is 3.00. The number of nitrogens with one attached hydrogen (secondary N) is 1. The molecular formula is C17H26N2O2. The van der Waals surface area contributed by atoms with Crippen LogP contribution in [0.15, 0.2) is 18.2 Å². The van der Waals surface area contributed by atoms with Crippen LogP contribution < -0.4 is 15.8 Å². The fourth-order valence-electron chi connectivity index (χ4n) is 3.00. The number of rotatable bonds is 6. The SMILES string of the molecule is COc1cc(CCNC(=O)C[C@@H]2CCC[C@H]2N)ccc1C. The number of aryl methyl sites for hydroxylation is 1. The van der Waals surface area contributed by atoms with Crippen molar-refractivity contribution >= 4 is 5.91 Å². The van der Waals surface area contributed by atoms with Gasteiger partial charge in [0.25, 0.3) is 0 Å². The van der Waals surface area contributed by atoms with Crippen LogP contribution in [-0.2, 0) is 11.2 Å². The van der Waals surface area contributed by atoms with E-state index in [4.69, 9.17) is 10.5 Å². The molecule has 21 heavy (non-hydrogen) atoms. The van der Waals surface area contributed by atoms with E-state index in [2.05, 4.69) is 11.4 Å². The number of benzene rings is 1. The van der Waals surface area contributed by atoms with Gasteiger partial charge in [-0.1, -0.05) is 18.6 Å². The summed E-state index contributed by atoms with van der Waals surface area (Å²) < 4.78 is 5.31. The van der Waals surface area contributed by atoms with Gasteiger partial charge in [-0.3, -0.25) is 4.79 Å². The zero-order valence-corrected chi connectivity index (χ0v) is 13.0. The number of methoxy groups -OCH3 is 1. The highest BCUT2D eigenvalue weighted by molar-refractivity contribution is 5.76. The molecule has 0 saturated heterocycles. The molecule has 2 rings (SSSR count). The predicted octanol–water partition coefficient (Wildman–Crippen LogP) is 2.18. The monoisotopic (exact) mass is 290 g/mol. The molecule has 1 aromatic rings. The van der Waals surface area contributed by atoms with Crippen molar-refractivity contribution in [3.63, 3.8) is 0 Å². The average Bonchev–Trinajstić information content (AvgIpc) is 2.86. The van der Waals surface area contributed by atoms with E-state index in [0.29, 0.717) is 18.9 Å². The van der Waals surface area contributed by atoms with Crippen molar-refractivity contribution in [2.24, 2.45) is 11.7 Å². The van der Waals surface area contributed by atoms with Gasteiger partial charge >= 0.3 is 0 Å². The number of hydrogen-bond donors (Lipinski definition) is 2. The highest BCUT2D eigenvalue weighted by Gasteiger charge is 2.25. The third-order valence-electron chi connectivity index (χ3n) is 4.37. The van der Waals surface area contributed by atoms with E-state index in [-0.39, 0.29) is 11.9 Å². The van der Waals surface area contributed by atoms with Crippen molar-refractivity contribution in [1.29, 1.82) is 0 Å². The summed E-state index contributed by atoms with van der Waals surface area (Å²) in [6.45, 7) is 2.68. The Morgan fingerprint density at radius 1 is 1.43 bits per heavy atom. The maximum Gasteiger partial charge on any atom is 0.220 e. The van der Waals surface area contributed by atoms with Gasteiger partial charge in [-0.2, -0.15) is 0 Å². The second kappa shape index (κ2) is 7.46. The van der Waals surface area contributed by atoms with E-state index in [1.54, 1.807) is 7.11 Å². The summed E-state index contributed by atoms with van der Waals surface area (Å²) in [6, 6.07) is 6.37. The highest BCUT2D eigenvalue weighted by atomic mass is 16.5. The third-order valence-corrected chi connectivity index (χ3v) is 4.37. The summed E-state index contributed by atoms with van der Waals surface area (Å²) >= 11 is 0. The molecule has 1 fully saturated rings. The van der Waals surface area contributed by atoms with Gasteiger partial charge in [-0.05, 0) is 49.3 Å². The third kappa shape index (κ3) is 4.46. The lowest BCUT2D eigenvalue weighted by atomic mass is 10.00. The average molecular weight is 290 g/mol. The molecule has 116 valence electrons. The van der Waals surface area contributed by atoms with Crippen LogP contribution >= 0.6 is 0 Å². The minimum absolute atomic E-state index is 0.122. The summed E-state index contributed by atoms with van der Waals surface area (Å²) in [5.74, 6) is 1.39. The Bertz CT molecular complexity index is 488. The van der Waals surface area contributed by atoms with Crippen LogP contribution in [0.5, 0.6) is 5.75 Å². The van der Waals surface area contributed by atoms with Gasteiger partial charge in [0.1, 0.15) is 5.75 Å². The zero-order valence-electron chi connectivity index (χ0n) is 13.0. The van der Waals surface area contributed by atoms with Gasteiger partial charge in [0.15, 0.2) is 0 Å². The summed E-state index contributed by atoms with van der Waals surface area (Å²) in [6.07, 6.45) is 4.69. The van der Waals surface area contributed by atoms with E-state index in [9.17, 15) is 4.79 Å². The Labute approximate surface area is 127 Å². The molecular weight excluding hydrogens is 264 g/mol. The molecule has 0 unspecified atom stereocenters. The molecule has 2 atom stereocenters. The van der Waals surface area contributed by atoms with Crippen molar-refractivity contribution in [3.8, 4) is 5.75 Å². The second-order valence-corrected chi connectivity index (χ2v) is 5.96.